The molecular formula is C5H9NO3S. The number of carboxylic acids is 1. The van der Waals surface area contributed by atoms with Crippen molar-refractivity contribution < 1.29 is 14.7 Å². The molecule has 3 N–H and O–H groups in total. The molecule has 5 heteroatoms. The molecule has 0 spiro atoms. The largest absolute Gasteiger partial charge is 0.480 e. The van der Waals surface area contributed by atoms with Crippen molar-refractivity contribution in [1.82, 2.24) is 0 Å². The van der Waals surface area contributed by atoms with E-state index < -0.39 is 23.0 Å². The van der Waals surface area contributed by atoms with Crippen LogP contribution in [-0.4, -0.2) is 28.2 Å². The van der Waals surface area contributed by atoms with E-state index in [4.69, 9.17) is 10.8 Å². The standard InChI is InChI=1S/C5H9NO3S/c1-2(10)4(7)3(6)5(8)9/h2-3,10H,6H2,1H3,(H,8,9). The lowest BCUT2D eigenvalue weighted by Crippen LogP contribution is -2.41. The Balaban J connectivity index is 4.08. The van der Waals surface area contributed by atoms with Gasteiger partial charge in [0.05, 0.1) is 5.25 Å². The van der Waals surface area contributed by atoms with Crippen LogP contribution in [0.2, 0.25) is 0 Å². The molecule has 2 atom stereocenters. The second-order valence-electron chi connectivity index (χ2n) is 1.89. The zero-order valence-electron chi connectivity index (χ0n) is 5.44. The van der Waals surface area contributed by atoms with Crippen molar-refractivity contribution in [3.8, 4) is 0 Å². The van der Waals surface area contributed by atoms with Crippen LogP contribution in [0.5, 0.6) is 0 Å². The molecule has 10 heavy (non-hydrogen) atoms. The van der Waals surface area contributed by atoms with Gasteiger partial charge in [-0.05, 0) is 6.92 Å². The second-order valence-corrected chi connectivity index (χ2v) is 2.67. The Hall–Kier alpha value is -0.550. The third-order valence-corrected chi connectivity index (χ3v) is 1.24. The predicted octanol–water partition coefficient (Wildman–Crippen LogP) is -0.714. The molecule has 0 radical (unpaired) electrons. The maximum Gasteiger partial charge on any atom is 0.328 e. The molecule has 0 aromatic carbocycles. The van der Waals surface area contributed by atoms with Gasteiger partial charge in [0.2, 0.25) is 0 Å². The molecule has 4 nitrogen and oxygen atoms in total. The van der Waals surface area contributed by atoms with E-state index in [1.165, 1.54) is 6.92 Å². The van der Waals surface area contributed by atoms with Crippen LogP contribution < -0.4 is 5.73 Å². The summed E-state index contributed by atoms with van der Waals surface area (Å²) < 4.78 is 0. The van der Waals surface area contributed by atoms with Crippen LogP contribution in [0.15, 0.2) is 0 Å². The number of aliphatic carboxylic acids is 1. The van der Waals surface area contributed by atoms with Crippen LogP contribution in [0, 0.1) is 0 Å². The molecule has 0 heterocycles. The lowest BCUT2D eigenvalue weighted by Gasteiger charge is -2.06. The second kappa shape index (κ2) is 3.58. The van der Waals surface area contributed by atoms with Gasteiger partial charge in [-0.1, -0.05) is 0 Å². The van der Waals surface area contributed by atoms with Gasteiger partial charge in [0.1, 0.15) is 0 Å². The molecule has 0 aromatic rings. The summed E-state index contributed by atoms with van der Waals surface area (Å²) in [5.41, 5.74) is 4.96. The number of hydrogen-bond acceptors (Lipinski definition) is 4. The zero-order valence-corrected chi connectivity index (χ0v) is 6.34. The first-order valence-electron chi connectivity index (χ1n) is 2.67. The highest BCUT2D eigenvalue weighted by Gasteiger charge is 2.23. The zero-order chi connectivity index (χ0) is 8.31. The van der Waals surface area contributed by atoms with Crippen LogP contribution in [0.1, 0.15) is 6.92 Å². The lowest BCUT2D eigenvalue weighted by atomic mass is 10.1. The number of Topliss-reactive ketones (excluding diaryl/α,β-unsaturated/α-hetero) is 1. The van der Waals surface area contributed by atoms with E-state index in [0.717, 1.165) is 0 Å². The molecule has 0 saturated heterocycles. The number of hydrogen-bond donors (Lipinski definition) is 3. The summed E-state index contributed by atoms with van der Waals surface area (Å²) in [4.78, 5) is 20.8. The first-order valence-corrected chi connectivity index (χ1v) is 3.18. The summed E-state index contributed by atoms with van der Waals surface area (Å²) >= 11 is 3.73. The predicted molar refractivity (Wildman–Crippen MR) is 39.1 cm³/mol. The number of nitrogens with two attached hydrogens (primary N) is 1. The Morgan fingerprint density at radius 1 is 1.60 bits per heavy atom. The molecule has 58 valence electrons. The van der Waals surface area contributed by atoms with Crippen molar-refractivity contribution in [3.63, 3.8) is 0 Å². The Kier molecular flexibility index (Phi) is 3.38. The summed E-state index contributed by atoms with van der Waals surface area (Å²) in [6.07, 6.45) is 0. The highest BCUT2D eigenvalue weighted by atomic mass is 32.1. The molecule has 0 rings (SSSR count). The molecule has 0 aliphatic heterocycles. The van der Waals surface area contributed by atoms with Crippen molar-refractivity contribution in [2.75, 3.05) is 0 Å². The summed E-state index contributed by atoms with van der Waals surface area (Å²) in [5.74, 6) is -1.89. The first kappa shape index (κ1) is 9.45. The van der Waals surface area contributed by atoms with Crippen LogP contribution in [0.4, 0.5) is 0 Å². The fourth-order valence-corrected chi connectivity index (χ4v) is 0.542. The SMILES string of the molecule is CC(S)C(=O)C(N)C(=O)O. The van der Waals surface area contributed by atoms with Crippen LogP contribution in [0.25, 0.3) is 0 Å². The Morgan fingerprint density at radius 3 is 2.10 bits per heavy atom. The normalized spacial score (nSPS) is 15.9. The lowest BCUT2D eigenvalue weighted by molar-refractivity contribution is -0.142. The molecule has 0 aliphatic rings. The third-order valence-electron chi connectivity index (χ3n) is 0.984. The quantitative estimate of drug-likeness (QED) is 0.379. The topological polar surface area (TPSA) is 80.4 Å². The number of ketones is 1. The highest BCUT2D eigenvalue weighted by Crippen LogP contribution is 1.97. The summed E-state index contributed by atoms with van der Waals surface area (Å²) in [5, 5.41) is 7.60. The average molecular weight is 163 g/mol. The van der Waals surface area contributed by atoms with Gasteiger partial charge in [-0.2, -0.15) is 12.6 Å². The number of carboxylic acid groups (broad SMARTS) is 1. The van der Waals surface area contributed by atoms with E-state index in [1.807, 2.05) is 0 Å². The molecule has 2 unspecified atom stereocenters. The first-order chi connectivity index (χ1) is 4.46. The summed E-state index contributed by atoms with van der Waals surface area (Å²) in [7, 11) is 0. The van der Waals surface area contributed by atoms with Gasteiger partial charge in [0.15, 0.2) is 11.8 Å². The van der Waals surface area contributed by atoms with Crippen molar-refractivity contribution >= 4 is 24.4 Å². The van der Waals surface area contributed by atoms with Gasteiger partial charge in [-0.3, -0.25) is 9.59 Å². The molecule has 0 saturated carbocycles. The van der Waals surface area contributed by atoms with Crippen molar-refractivity contribution in [2.45, 2.75) is 18.2 Å². The minimum absolute atomic E-state index is 0.573. The van der Waals surface area contributed by atoms with E-state index in [-0.39, 0.29) is 0 Å². The fraction of sp³-hybridized carbons (Fsp3) is 0.600. The molecule has 0 bridgehead atoms. The number of rotatable bonds is 3. The summed E-state index contributed by atoms with van der Waals surface area (Å²) in [6.45, 7) is 1.48. The smallest absolute Gasteiger partial charge is 0.328 e. The van der Waals surface area contributed by atoms with Crippen molar-refractivity contribution in [3.05, 3.63) is 0 Å². The van der Waals surface area contributed by atoms with E-state index in [2.05, 4.69) is 12.6 Å². The highest BCUT2D eigenvalue weighted by molar-refractivity contribution is 7.81. The van der Waals surface area contributed by atoms with Crippen molar-refractivity contribution in [2.24, 2.45) is 5.73 Å². The van der Waals surface area contributed by atoms with Crippen LogP contribution in [0.3, 0.4) is 0 Å². The van der Waals surface area contributed by atoms with Gasteiger partial charge in [-0.15, -0.1) is 0 Å². The minimum atomic E-state index is -1.44. The van der Waals surface area contributed by atoms with Gasteiger partial charge in [-0.25, -0.2) is 0 Å². The number of thiol groups is 1. The average Bonchev–Trinajstić information content (AvgIpc) is 1.84. The molecule has 0 aromatic heterocycles. The maximum atomic E-state index is 10.7. The maximum absolute atomic E-state index is 10.7. The van der Waals surface area contributed by atoms with E-state index in [9.17, 15) is 9.59 Å². The fourth-order valence-electron chi connectivity index (χ4n) is 0.382. The molecule has 0 amide bonds. The number of carbonyl (C=O) groups excluding carboxylic acids is 1. The van der Waals surface area contributed by atoms with E-state index in [0.29, 0.717) is 0 Å². The third kappa shape index (κ3) is 2.36. The molecule has 0 aliphatic carbocycles. The van der Waals surface area contributed by atoms with Crippen molar-refractivity contribution in [1.29, 1.82) is 0 Å². The Bertz CT molecular complexity index is 157. The molecular weight excluding hydrogens is 154 g/mol. The van der Waals surface area contributed by atoms with Gasteiger partial charge in [0.25, 0.3) is 0 Å². The van der Waals surface area contributed by atoms with Gasteiger partial charge < -0.3 is 10.8 Å². The Labute approximate surface area is 63.8 Å². The van der Waals surface area contributed by atoms with E-state index in [1.54, 1.807) is 0 Å². The monoisotopic (exact) mass is 163 g/mol. The van der Waals surface area contributed by atoms with E-state index >= 15 is 0 Å². The van der Waals surface area contributed by atoms with Crippen LogP contribution in [-0.2, 0) is 9.59 Å². The molecule has 0 fully saturated rings. The summed E-state index contributed by atoms with van der Waals surface area (Å²) in [6, 6.07) is -1.44. The van der Waals surface area contributed by atoms with Gasteiger partial charge >= 0.3 is 5.97 Å². The minimum Gasteiger partial charge on any atom is -0.480 e. The Morgan fingerprint density at radius 2 is 2.00 bits per heavy atom. The number of carbonyl (C=O) groups is 2. The van der Waals surface area contributed by atoms with Gasteiger partial charge in [0, 0.05) is 0 Å². The van der Waals surface area contributed by atoms with Crippen LogP contribution >= 0.6 is 12.6 Å².